The molecule has 1 fully saturated rings. The lowest BCUT2D eigenvalue weighted by Gasteiger charge is -2.25. The maximum Gasteiger partial charge on any atom is 0.0992 e. The summed E-state index contributed by atoms with van der Waals surface area (Å²) < 4.78 is 0. The number of hydrogen-bond acceptors (Lipinski definition) is 3. The fourth-order valence-electron chi connectivity index (χ4n) is 2.52. The summed E-state index contributed by atoms with van der Waals surface area (Å²) in [5, 5.41) is 8.79. The number of rotatable bonds is 1. The minimum absolute atomic E-state index is 0.533. The van der Waals surface area contributed by atoms with Crippen molar-refractivity contribution >= 4 is 11.4 Å². The first kappa shape index (κ1) is 10.8. The van der Waals surface area contributed by atoms with Gasteiger partial charge in [0.25, 0.3) is 0 Å². The van der Waals surface area contributed by atoms with Gasteiger partial charge in [-0.3, -0.25) is 0 Å². The highest BCUT2D eigenvalue weighted by Crippen LogP contribution is 2.32. The molecule has 1 heterocycles. The van der Waals surface area contributed by atoms with Gasteiger partial charge in [-0.2, -0.15) is 5.26 Å². The molecular formula is C13H17N3. The number of hydrogen-bond donors (Lipinski definition) is 1. The first-order valence-electron chi connectivity index (χ1n) is 5.68. The summed E-state index contributed by atoms with van der Waals surface area (Å²) in [6, 6.07) is 8.19. The maximum absolute atomic E-state index is 8.79. The lowest BCUT2D eigenvalue weighted by atomic mass is 10.1. The van der Waals surface area contributed by atoms with Crippen molar-refractivity contribution in [2.24, 2.45) is 5.92 Å². The number of nitrogen functional groups attached to an aromatic ring is 1. The van der Waals surface area contributed by atoms with Crippen molar-refractivity contribution < 1.29 is 0 Å². The van der Waals surface area contributed by atoms with Crippen LogP contribution in [0.5, 0.6) is 0 Å². The predicted molar refractivity (Wildman–Crippen MR) is 66.2 cm³/mol. The van der Waals surface area contributed by atoms with Gasteiger partial charge in [0.05, 0.1) is 23.0 Å². The third-order valence-electron chi connectivity index (χ3n) is 3.25. The minimum Gasteiger partial charge on any atom is -0.397 e. The van der Waals surface area contributed by atoms with E-state index in [-0.39, 0.29) is 0 Å². The Labute approximate surface area is 96.5 Å². The average molecular weight is 215 g/mol. The summed E-state index contributed by atoms with van der Waals surface area (Å²) in [7, 11) is 0. The van der Waals surface area contributed by atoms with E-state index in [0.29, 0.717) is 23.2 Å². The fourth-order valence-corrected chi connectivity index (χ4v) is 2.52. The Bertz CT molecular complexity index is 433. The van der Waals surface area contributed by atoms with Gasteiger partial charge in [-0.25, -0.2) is 0 Å². The molecule has 0 bridgehead atoms. The lowest BCUT2D eigenvalue weighted by molar-refractivity contribution is 0.625. The molecule has 0 radical (unpaired) electrons. The van der Waals surface area contributed by atoms with Gasteiger partial charge in [0, 0.05) is 12.6 Å². The zero-order valence-corrected chi connectivity index (χ0v) is 9.77. The van der Waals surface area contributed by atoms with Crippen molar-refractivity contribution in [3.63, 3.8) is 0 Å². The second-order valence-electron chi connectivity index (χ2n) is 4.73. The van der Waals surface area contributed by atoms with Crippen molar-refractivity contribution in [3.05, 3.63) is 23.8 Å². The van der Waals surface area contributed by atoms with E-state index < -0.39 is 0 Å². The number of benzene rings is 1. The van der Waals surface area contributed by atoms with E-state index in [0.717, 1.165) is 12.2 Å². The highest BCUT2D eigenvalue weighted by Gasteiger charge is 2.27. The lowest BCUT2D eigenvalue weighted by Crippen LogP contribution is -2.27. The largest absolute Gasteiger partial charge is 0.397 e. The summed E-state index contributed by atoms with van der Waals surface area (Å²) in [6.45, 7) is 5.54. The third kappa shape index (κ3) is 1.83. The zero-order chi connectivity index (χ0) is 11.7. The predicted octanol–water partition coefficient (Wildman–Crippen LogP) is 2.38. The molecule has 0 spiro atoms. The van der Waals surface area contributed by atoms with Crippen molar-refractivity contribution in [2.75, 3.05) is 17.2 Å². The Kier molecular flexibility index (Phi) is 2.74. The molecule has 1 saturated heterocycles. The molecule has 1 aliphatic heterocycles. The van der Waals surface area contributed by atoms with Gasteiger partial charge >= 0.3 is 0 Å². The molecule has 2 unspecified atom stereocenters. The van der Waals surface area contributed by atoms with Gasteiger partial charge in [-0.1, -0.05) is 6.92 Å². The summed E-state index contributed by atoms with van der Waals surface area (Å²) in [4.78, 5) is 2.33. The molecule has 1 aromatic carbocycles. The van der Waals surface area contributed by atoms with Crippen LogP contribution >= 0.6 is 0 Å². The fraction of sp³-hybridized carbons (Fsp3) is 0.462. The molecule has 3 heteroatoms. The molecule has 0 amide bonds. The van der Waals surface area contributed by atoms with Gasteiger partial charge in [0.2, 0.25) is 0 Å². The number of nitrogens with zero attached hydrogens (tertiary/aromatic N) is 2. The van der Waals surface area contributed by atoms with Crippen LogP contribution in [0.2, 0.25) is 0 Å². The second-order valence-corrected chi connectivity index (χ2v) is 4.73. The van der Waals surface area contributed by atoms with Crippen molar-refractivity contribution in [3.8, 4) is 6.07 Å². The Hall–Kier alpha value is -1.69. The summed E-state index contributed by atoms with van der Waals surface area (Å²) in [5.74, 6) is 0.713. The molecule has 16 heavy (non-hydrogen) atoms. The summed E-state index contributed by atoms with van der Waals surface area (Å²) >= 11 is 0. The first-order chi connectivity index (χ1) is 7.61. The number of nitrogens with two attached hydrogens (primary N) is 1. The van der Waals surface area contributed by atoms with Crippen LogP contribution in [-0.4, -0.2) is 12.6 Å². The second kappa shape index (κ2) is 4.05. The molecule has 2 atom stereocenters. The van der Waals surface area contributed by atoms with E-state index in [1.54, 1.807) is 6.07 Å². The molecule has 84 valence electrons. The van der Waals surface area contributed by atoms with Gasteiger partial charge < -0.3 is 10.6 Å². The molecule has 0 aliphatic carbocycles. The van der Waals surface area contributed by atoms with Crippen LogP contribution in [0.25, 0.3) is 0 Å². The molecule has 0 aromatic heterocycles. The van der Waals surface area contributed by atoms with Crippen molar-refractivity contribution in [2.45, 2.75) is 26.3 Å². The molecule has 3 nitrogen and oxygen atoms in total. The zero-order valence-electron chi connectivity index (χ0n) is 9.77. The van der Waals surface area contributed by atoms with Crippen LogP contribution in [0.1, 0.15) is 25.8 Å². The van der Waals surface area contributed by atoms with Gasteiger partial charge in [-0.15, -0.1) is 0 Å². The van der Waals surface area contributed by atoms with E-state index in [9.17, 15) is 0 Å². The van der Waals surface area contributed by atoms with Crippen molar-refractivity contribution in [1.82, 2.24) is 0 Å². The van der Waals surface area contributed by atoms with E-state index >= 15 is 0 Å². The molecule has 2 N–H and O–H groups in total. The normalized spacial score (nSPS) is 24.4. The first-order valence-corrected chi connectivity index (χ1v) is 5.68. The number of nitriles is 1. The monoisotopic (exact) mass is 215 g/mol. The Morgan fingerprint density at radius 1 is 1.44 bits per heavy atom. The van der Waals surface area contributed by atoms with Gasteiger partial charge in [-0.05, 0) is 37.5 Å². The highest BCUT2D eigenvalue weighted by molar-refractivity contribution is 5.70. The molecule has 2 rings (SSSR count). The Morgan fingerprint density at radius 2 is 2.19 bits per heavy atom. The van der Waals surface area contributed by atoms with E-state index in [4.69, 9.17) is 11.0 Å². The van der Waals surface area contributed by atoms with Crippen LogP contribution in [0.4, 0.5) is 11.4 Å². The maximum atomic E-state index is 8.79. The van der Waals surface area contributed by atoms with Crippen LogP contribution in [0.3, 0.4) is 0 Å². The van der Waals surface area contributed by atoms with E-state index in [1.807, 2.05) is 12.1 Å². The summed E-state index contributed by atoms with van der Waals surface area (Å²) in [5.41, 5.74) is 8.39. The molecule has 0 saturated carbocycles. The van der Waals surface area contributed by atoms with E-state index in [1.165, 1.54) is 6.42 Å². The Morgan fingerprint density at radius 3 is 2.69 bits per heavy atom. The third-order valence-corrected chi connectivity index (χ3v) is 3.25. The van der Waals surface area contributed by atoms with Crippen LogP contribution in [0.15, 0.2) is 18.2 Å². The standard InChI is InChI=1S/C13H17N3/c1-9-5-10(2)16(8-9)13-4-3-11(7-14)6-12(13)15/h3-4,6,9-10H,5,8,15H2,1-2H3. The topological polar surface area (TPSA) is 53.0 Å². The highest BCUT2D eigenvalue weighted by atomic mass is 15.2. The molecule has 1 aromatic rings. The van der Waals surface area contributed by atoms with Crippen LogP contribution in [0, 0.1) is 17.2 Å². The van der Waals surface area contributed by atoms with E-state index in [2.05, 4.69) is 24.8 Å². The SMILES string of the molecule is CC1CC(C)N(c2ccc(C#N)cc2N)C1. The van der Waals surface area contributed by atoms with Gasteiger partial charge in [0.1, 0.15) is 0 Å². The number of anilines is 2. The van der Waals surface area contributed by atoms with Gasteiger partial charge in [0.15, 0.2) is 0 Å². The van der Waals surface area contributed by atoms with Crippen LogP contribution in [-0.2, 0) is 0 Å². The Balaban J connectivity index is 2.31. The smallest absolute Gasteiger partial charge is 0.0992 e. The average Bonchev–Trinajstić information content (AvgIpc) is 2.57. The molecular weight excluding hydrogens is 198 g/mol. The molecule has 1 aliphatic rings. The van der Waals surface area contributed by atoms with Crippen LogP contribution < -0.4 is 10.6 Å². The quantitative estimate of drug-likeness (QED) is 0.732. The minimum atomic E-state index is 0.533. The van der Waals surface area contributed by atoms with Crippen molar-refractivity contribution in [1.29, 1.82) is 5.26 Å². The summed E-state index contributed by atoms with van der Waals surface area (Å²) in [6.07, 6.45) is 1.21.